The summed E-state index contributed by atoms with van der Waals surface area (Å²) in [4.78, 5) is 2.45. The first kappa shape index (κ1) is 13.2. The van der Waals surface area contributed by atoms with Crippen LogP contribution in [-0.2, 0) is 6.54 Å². The highest BCUT2D eigenvalue weighted by molar-refractivity contribution is 5.38. The molecular weight excluding hydrogens is 228 g/mol. The van der Waals surface area contributed by atoms with Gasteiger partial charge in [-0.25, -0.2) is 0 Å². The molecule has 1 heterocycles. The summed E-state index contributed by atoms with van der Waals surface area (Å²) < 4.78 is 10.6. The summed E-state index contributed by atoms with van der Waals surface area (Å²) in [5.41, 5.74) is 1.24. The Morgan fingerprint density at radius 2 is 1.89 bits per heavy atom. The van der Waals surface area contributed by atoms with Crippen molar-refractivity contribution in [3.8, 4) is 11.5 Å². The van der Waals surface area contributed by atoms with Crippen molar-refractivity contribution < 1.29 is 9.47 Å². The van der Waals surface area contributed by atoms with Gasteiger partial charge in [-0.2, -0.15) is 0 Å². The molecule has 0 aromatic heterocycles. The van der Waals surface area contributed by atoms with Crippen LogP contribution in [0.25, 0.3) is 0 Å². The van der Waals surface area contributed by atoms with Gasteiger partial charge in [0.15, 0.2) is 0 Å². The molecule has 0 bridgehead atoms. The Bertz CT molecular complexity index is 373. The quantitative estimate of drug-likeness (QED) is 0.878. The van der Waals surface area contributed by atoms with E-state index in [1.807, 2.05) is 6.07 Å². The number of benzene rings is 1. The molecule has 0 saturated carbocycles. The fourth-order valence-electron chi connectivity index (χ4n) is 2.37. The zero-order chi connectivity index (χ0) is 13.0. The highest BCUT2D eigenvalue weighted by Crippen LogP contribution is 2.23. The van der Waals surface area contributed by atoms with Crippen LogP contribution in [0.2, 0.25) is 0 Å². The lowest BCUT2D eigenvalue weighted by Gasteiger charge is -2.31. The average molecular weight is 250 g/mol. The lowest BCUT2D eigenvalue weighted by molar-refractivity contribution is 0.199. The Kier molecular flexibility index (Phi) is 4.44. The number of rotatable bonds is 4. The van der Waals surface area contributed by atoms with Gasteiger partial charge in [0.05, 0.1) is 14.2 Å². The summed E-state index contributed by atoms with van der Waals surface area (Å²) in [6.07, 6.45) is 0. The van der Waals surface area contributed by atoms with Crippen molar-refractivity contribution in [3.05, 3.63) is 23.8 Å². The normalized spacial score (nSPS) is 20.7. The summed E-state index contributed by atoms with van der Waals surface area (Å²) in [6.45, 7) is 6.39. The van der Waals surface area contributed by atoms with Gasteiger partial charge in [0, 0.05) is 38.3 Å². The van der Waals surface area contributed by atoms with E-state index in [4.69, 9.17) is 9.47 Å². The van der Waals surface area contributed by atoms with Crippen molar-refractivity contribution in [3.63, 3.8) is 0 Å². The fraction of sp³-hybridized carbons (Fsp3) is 0.571. The molecule has 1 aromatic carbocycles. The van der Waals surface area contributed by atoms with Gasteiger partial charge in [-0.15, -0.1) is 0 Å². The van der Waals surface area contributed by atoms with Crippen LogP contribution in [-0.4, -0.2) is 44.8 Å². The molecule has 1 atom stereocenters. The highest BCUT2D eigenvalue weighted by atomic mass is 16.5. The maximum atomic E-state index is 5.30. The molecule has 1 saturated heterocycles. The molecule has 4 nitrogen and oxygen atoms in total. The van der Waals surface area contributed by atoms with E-state index in [1.54, 1.807) is 14.2 Å². The molecule has 18 heavy (non-hydrogen) atoms. The Labute approximate surface area is 109 Å². The Balaban J connectivity index is 2.07. The standard InChI is InChI=1S/C14H22N2O2/c1-11-9-16(5-4-15-11)10-12-6-13(17-2)8-14(7-12)18-3/h6-8,11,15H,4-5,9-10H2,1-3H3. The molecule has 100 valence electrons. The number of nitrogens with zero attached hydrogens (tertiary/aromatic N) is 1. The first-order chi connectivity index (χ1) is 8.71. The average Bonchev–Trinajstić information content (AvgIpc) is 2.38. The van der Waals surface area contributed by atoms with Gasteiger partial charge in [0.1, 0.15) is 11.5 Å². The number of hydrogen-bond acceptors (Lipinski definition) is 4. The molecule has 4 heteroatoms. The second-order valence-electron chi connectivity index (χ2n) is 4.81. The number of piperazine rings is 1. The Morgan fingerprint density at radius 3 is 2.44 bits per heavy atom. The van der Waals surface area contributed by atoms with Gasteiger partial charge in [0.25, 0.3) is 0 Å². The minimum atomic E-state index is 0.561. The molecule has 1 unspecified atom stereocenters. The molecule has 1 aromatic rings. The third-order valence-corrected chi connectivity index (χ3v) is 3.27. The molecule has 1 aliphatic heterocycles. The monoisotopic (exact) mass is 250 g/mol. The third-order valence-electron chi connectivity index (χ3n) is 3.27. The van der Waals surface area contributed by atoms with E-state index < -0.39 is 0 Å². The Morgan fingerprint density at radius 1 is 1.22 bits per heavy atom. The van der Waals surface area contributed by atoms with Crippen LogP contribution in [0.3, 0.4) is 0 Å². The second kappa shape index (κ2) is 6.07. The predicted octanol–water partition coefficient (Wildman–Crippen LogP) is 1.50. The smallest absolute Gasteiger partial charge is 0.122 e. The van der Waals surface area contributed by atoms with E-state index in [1.165, 1.54) is 5.56 Å². The lowest BCUT2D eigenvalue weighted by atomic mass is 10.1. The first-order valence-corrected chi connectivity index (χ1v) is 6.39. The van der Waals surface area contributed by atoms with Gasteiger partial charge in [-0.1, -0.05) is 0 Å². The molecular formula is C14H22N2O2. The molecule has 1 fully saturated rings. The van der Waals surface area contributed by atoms with Gasteiger partial charge in [0.2, 0.25) is 0 Å². The van der Waals surface area contributed by atoms with Crippen molar-refractivity contribution in [2.24, 2.45) is 0 Å². The summed E-state index contributed by atoms with van der Waals surface area (Å²) in [5.74, 6) is 1.71. The number of nitrogens with one attached hydrogen (secondary N) is 1. The second-order valence-corrected chi connectivity index (χ2v) is 4.81. The van der Waals surface area contributed by atoms with Gasteiger partial charge < -0.3 is 14.8 Å². The van der Waals surface area contributed by atoms with Crippen LogP contribution in [0.5, 0.6) is 11.5 Å². The lowest BCUT2D eigenvalue weighted by Crippen LogP contribution is -2.48. The topological polar surface area (TPSA) is 33.7 Å². The zero-order valence-electron chi connectivity index (χ0n) is 11.4. The van der Waals surface area contributed by atoms with Crippen LogP contribution in [0.1, 0.15) is 12.5 Å². The number of hydrogen-bond donors (Lipinski definition) is 1. The van der Waals surface area contributed by atoms with Crippen LogP contribution in [0.15, 0.2) is 18.2 Å². The molecule has 0 amide bonds. The SMILES string of the molecule is COc1cc(CN2CCNC(C)C2)cc(OC)c1. The van der Waals surface area contributed by atoms with Crippen molar-refractivity contribution in [1.29, 1.82) is 0 Å². The Hall–Kier alpha value is -1.26. The minimum Gasteiger partial charge on any atom is -0.497 e. The van der Waals surface area contributed by atoms with Gasteiger partial charge in [-0.3, -0.25) is 4.90 Å². The van der Waals surface area contributed by atoms with E-state index in [9.17, 15) is 0 Å². The fourth-order valence-corrected chi connectivity index (χ4v) is 2.37. The largest absolute Gasteiger partial charge is 0.497 e. The van der Waals surface area contributed by atoms with Crippen molar-refractivity contribution in [2.45, 2.75) is 19.5 Å². The predicted molar refractivity (Wildman–Crippen MR) is 72.3 cm³/mol. The summed E-state index contributed by atoms with van der Waals surface area (Å²) in [5, 5.41) is 3.45. The van der Waals surface area contributed by atoms with E-state index in [0.29, 0.717) is 6.04 Å². The maximum absolute atomic E-state index is 5.30. The van der Waals surface area contributed by atoms with E-state index in [0.717, 1.165) is 37.7 Å². The third kappa shape index (κ3) is 3.37. The molecule has 0 spiro atoms. The maximum Gasteiger partial charge on any atom is 0.122 e. The van der Waals surface area contributed by atoms with Crippen molar-refractivity contribution in [1.82, 2.24) is 10.2 Å². The first-order valence-electron chi connectivity index (χ1n) is 6.39. The van der Waals surface area contributed by atoms with Crippen LogP contribution < -0.4 is 14.8 Å². The molecule has 1 aliphatic rings. The van der Waals surface area contributed by atoms with E-state index in [-0.39, 0.29) is 0 Å². The van der Waals surface area contributed by atoms with Crippen molar-refractivity contribution in [2.75, 3.05) is 33.9 Å². The zero-order valence-corrected chi connectivity index (χ0v) is 11.4. The minimum absolute atomic E-state index is 0.561. The number of ether oxygens (including phenoxy) is 2. The molecule has 0 aliphatic carbocycles. The summed E-state index contributed by atoms with van der Waals surface area (Å²) in [7, 11) is 3.37. The van der Waals surface area contributed by atoms with Crippen LogP contribution in [0.4, 0.5) is 0 Å². The summed E-state index contributed by atoms with van der Waals surface area (Å²) >= 11 is 0. The molecule has 2 rings (SSSR count). The van der Waals surface area contributed by atoms with E-state index >= 15 is 0 Å². The number of methoxy groups -OCH3 is 2. The molecule has 0 radical (unpaired) electrons. The summed E-state index contributed by atoms with van der Waals surface area (Å²) in [6, 6.07) is 6.63. The van der Waals surface area contributed by atoms with E-state index in [2.05, 4.69) is 29.3 Å². The van der Waals surface area contributed by atoms with Gasteiger partial charge in [-0.05, 0) is 24.6 Å². The molecule has 1 N–H and O–H groups in total. The van der Waals surface area contributed by atoms with Crippen LogP contribution in [0, 0.1) is 0 Å². The van der Waals surface area contributed by atoms with Crippen molar-refractivity contribution >= 4 is 0 Å². The highest BCUT2D eigenvalue weighted by Gasteiger charge is 2.16. The van der Waals surface area contributed by atoms with Gasteiger partial charge >= 0.3 is 0 Å². The van der Waals surface area contributed by atoms with Crippen LogP contribution >= 0.6 is 0 Å².